The zero-order chi connectivity index (χ0) is 13.2. The molecule has 0 atom stereocenters. The van der Waals surface area contributed by atoms with Gasteiger partial charge in [-0.2, -0.15) is 0 Å². The van der Waals surface area contributed by atoms with Crippen LogP contribution >= 0.6 is 0 Å². The topological polar surface area (TPSA) is 57.7 Å². The summed E-state index contributed by atoms with van der Waals surface area (Å²) in [5, 5.41) is 0. The molecule has 0 aliphatic rings. The van der Waals surface area contributed by atoms with E-state index in [4.69, 9.17) is 0 Å². The van der Waals surface area contributed by atoms with E-state index >= 15 is 0 Å². The van der Waals surface area contributed by atoms with Gasteiger partial charge in [-0.15, -0.1) is 0 Å². The molecule has 0 heterocycles. The van der Waals surface area contributed by atoms with Crippen molar-refractivity contribution in [1.29, 1.82) is 0 Å². The first-order valence-corrected chi connectivity index (χ1v) is 6.84. The normalized spacial score (nSPS) is 11.1. The summed E-state index contributed by atoms with van der Waals surface area (Å²) in [6.07, 6.45) is 1.10. The summed E-state index contributed by atoms with van der Waals surface area (Å²) < 4.78 is 24.1. The summed E-state index contributed by atoms with van der Waals surface area (Å²) in [7, 11) is 1.30. The van der Waals surface area contributed by atoms with E-state index in [1.165, 1.54) is 11.9 Å². The van der Waals surface area contributed by atoms with Crippen LogP contribution in [0.4, 0.5) is 5.69 Å². The number of hydrogen-bond acceptors (Lipinski definition) is 3. The Morgan fingerprint density at radius 3 is 2.12 bits per heavy atom. The van der Waals surface area contributed by atoms with Crippen LogP contribution in [-0.2, 0) is 10.0 Å². The molecule has 94 valence electrons. The average Bonchev–Trinajstić information content (AvgIpc) is 2.25. The van der Waals surface area contributed by atoms with Gasteiger partial charge in [0.2, 0.25) is 10.0 Å². The Hall–Kier alpha value is -1.56. The second kappa shape index (κ2) is 4.75. The van der Waals surface area contributed by atoms with Gasteiger partial charge in [-0.3, -0.25) is 9.10 Å². The van der Waals surface area contributed by atoms with Gasteiger partial charge in [-0.25, -0.2) is 8.42 Å². The molecule has 0 aliphatic heterocycles. The van der Waals surface area contributed by atoms with Crippen molar-refractivity contribution in [3.63, 3.8) is 0 Å². The molecule has 0 spiro atoms. The number of para-hydroxylation sites is 1. The molecule has 0 radical (unpaired) electrons. The van der Waals surface area contributed by atoms with Gasteiger partial charge in [0.25, 0.3) is 5.91 Å². The molecule has 0 N–H and O–H groups in total. The summed E-state index contributed by atoms with van der Waals surface area (Å²) in [6.45, 7) is 0. The van der Waals surface area contributed by atoms with Crippen LogP contribution in [0, 0.1) is 0 Å². The van der Waals surface area contributed by atoms with E-state index in [9.17, 15) is 13.2 Å². The summed E-state index contributed by atoms with van der Waals surface area (Å²) in [5.41, 5.74) is 0.749. The quantitative estimate of drug-likeness (QED) is 0.803. The number of benzene rings is 1. The molecule has 0 saturated carbocycles. The van der Waals surface area contributed by atoms with Crippen molar-refractivity contribution < 1.29 is 13.2 Å². The van der Waals surface area contributed by atoms with E-state index in [1.54, 1.807) is 38.4 Å². The third-order valence-electron chi connectivity index (χ3n) is 2.38. The molecule has 1 aromatic carbocycles. The van der Waals surface area contributed by atoms with Gasteiger partial charge in [0.1, 0.15) is 0 Å². The fourth-order valence-corrected chi connectivity index (χ4v) is 1.87. The van der Waals surface area contributed by atoms with Crippen molar-refractivity contribution in [3.8, 4) is 0 Å². The Labute approximate surface area is 102 Å². The van der Waals surface area contributed by atoms with Crippen molar-refractivity contribution in [1.82, 2.24) is 4.90 Å². The second-order valence-electron chi connectivity index (χ2n) is 3.95. The molecular formula is C11H16N2O3S. The number of sulfonamides is 1. The fourth-order valence-electron chi connectivity index (χ4n) is 1.35. The molecule has 0 aliphatic carbocycles. The van der Waals surface area contributed by atoms with Gasteiger partial charge in [0, 0.05) is 21.1 Å². The van der Waals surface area contributed by atoms with Crippen molar-refractivity contribution in [2.75, 3.05) is 31.7 Å². The molecule has 1 amide bonds. The van der Waals surface area contributed by atoms with Crippen LogP contribution in [-0.4, -0.2) is 46.6 Å². The van der Waals surface area contributed by atoms with E-state index in [2.05, 4.69) is 0 Å². The molecular weight excluding hydrogens is 240 g/mol. The highest BCUT2D eigenvalue weighted by molar-refractivity contribution is 7.92. The molecule has 0 fully saturated rings. The molecule has 5 nitrogen and oxygen atoms in total. The van der Waals surface area contributed by atoms with Gasteiger partial charge in [-0.1, -0.05) is 12.1 Å². The van der Waals surface area contributed by atoms with Crippen LogP contribution in [0.2, 0.25) is 0 Å². The Morgan fingerprint density at radius 2 is 1.65 bits per heavy atom. The maximum atomic E-state index is 11.9. The Kier molecular flexibility index (Phi) is 3.77. The lowest BCUT2D eigenvalue weighted by Gasteiger charge is -2.21. The van der Waals surface area contributed by atoms with Gasteiger partial charge in [-0.05, 0) is 12.1 Å². The fraction of sp³-hybridized carbons (Fsp3) is 0.364. The lowest BCUT2D eigenvalue weighted by molar-refractivity contribution is 0.0828. The second-order valence-corrected chi connectivity index (χ2v) is 5.96. The van der Waals surface area contributed by atoms with E-state index < -0.39 is 10.0 Å². The van der Waals surface area contributed by atoms with E-state index in [-0.39, 0.29) is 5.91 Å². The Bertz CT molecular complexity index is 523. The summed E-state index contributed by atoms with van der Waals surface area (Å²) in [6, 6.07) is 6.62. The van der Waals surface area contributed by atoms with E-state index in [0.717, 1.165) is 10.6 Å². The van der Waals surface area contributed by atoms with Crippen LogP contribution in [0.15, 0.2) is 24.3 Å². The smallest absolute Gasteiger partial charge is 0.255 e. The first-order chi connectivity index (χ1) is 7.75. The van der Waals surface area contributed by atoms with Crippen LogP contribution in [0.1, 0.15) is 10.4 Å². The number of hydrogen-bond donors (Lipinski definition) is 0. The van der Waals surface area contributed by atoms with Gasteiger partial charge in [0.05, 0.1) is 17.5 Å². The highest BCUT2D eigenvalue weighted by Gasteiger charge is 2.19. The maximum absolute atomic E-state index is 11.9. The standard InChI is InChI=1S/C11H16N2O3S/c1-12(2)11(14)9-7-5-6-8-10(9)13(3)17(4,15)16/h5-8H,1-4H3. The van der Waals surface area contributed by atoms with Crippen molar-refractivity contribution >= 4 is 21.6 Å². The minimum absolute atomic E-state index is 0.226. The van der Waals surface area contributed by atoms with Crippen LogP contribution < -0.4 is 4.31 Å². The summed E-state index contributed by atoms with van der Waals surface area (Å²) >= 11 is 0. The third-order valence-corrected chi connectivity index (χ3v) is 3.57. The SMILES string of the molecule is CN(C)C(=O)c1ccccc1N(C)S(C)(=O)=O. The van der Waals surface area contributed by atoms with Crippen LogP contribution in [0.5, 0.6) is 0 Å². The molecule has 0 aromatic heterocycles. The zero-order valence-electron chi connectivity index (χ0n) is 10.3. The molecule has 1 aromatic rings. The lowest BCUT2D eigenvalue weighted by Crippen LogP contribution is -2.29. The monoisotopic (exact) mass is 256 g/mol. The summed E-state index contributed by atoms with van der Waals surface area (Å²) in [5.74, 6) is -0.226. The molecule has 1 rings (SSSR count). The highest BCUT2D eigenvalue weighted by Crippen LogP contribution is 2.22. The zero-order valence-corrected chi connectivity index (χ0v) is 11.2. The van der Waals surface area contributed by atoms with Gasteiger partial charge < -0.3 is 4.90 Å². The minimum Gasteiger partial charge on any atom is -0.345 e. The molecule has 0 bridgehead atoms. The summed E-state index contributed by atoms with van der Waals surface area (Å²) in [4.78, 5) is 13.3. The average molecular weight is 256 g/mol. The Balaban J connectivity index is 3.31. The first-order valence-electron chi connectivity index (χ1n) is 4.99. The van der Waals surface area contributed by atoms with Crippen LogP contribution in [0.3, 0.4) is 0 Å². The molecule has 0 saturated heterocycles. The van der Waals surface area contributed by atoms with Crippen LogP contribution in [0.25, 0.3) is 0 Å². The molecule has 6 heteroatoms. The molecule has 0 unspecified atom stereocenters. The van der Waals surface area contributed by atoms with Gasteiger partial charge >= 0.3 is 0 Å². The van der Waals surface area contributed by atoms with Crippen molar-refractivity contribution in [3.05, 3.63) is 29.8 Å². The van der Waals surface area contributed by atoms with Crippen molar-refractivity contribution in [2.24, 2.45) is 0 Å². The number of rotatable bonds is 3. The number of nitrogens with zero attached hydrogens (tertiary/aromatic N) is 2. The first kappa shape index (κ1) is 13.5. The Morgan fingerprint density at radius 1 is 1.12 bits per heavy atom. The largest absolute Gasteiger partial charge is 0.345 e. The maximum Gasteiger partial charge on any atom is 0.255 e. The van der Waals surface area contributed by atoms with E-state index in [0.29, 0.717) is 11.3 Å². The predicted molar refractivity (Wildman–Crippen MR) is 67.7 cm³/mol. The molecule has 17 heavy (non-hydrogen) atoms. The minimum atomic E-state index is -3.38. The van der Waals surface area contributed by atoms with E-state index in [1.807, 2.05) is 0 Å². The number of carbonyl (C=O) groups is 1. The number of anilines is 1. The third kappa shape index (κ3) is 2.97. The number of amides is 1. The van der Waals surface area contributed by atoms with Gasteiger partial charge in [0.15, 0.2) is 0 Å². The lowest BCUT2D eigenvalue weighted by atomic mass is 10.1. The highest BCUT2D eigenvalue weighted by atomic mass is 32.2. The van der Waals surface area contributed by atoms with Crippen molar-refractivity contribution in [2.45, 2.75) is 0 Å². The number of carbonyl (C=O) groups excluding carboxylic acids is 1. The predicted octanol–water partition coefficient (Wildman–Crippen LogP) is 0.784.